The minimum atomic E-state index is -0.457. The molecule has 3 heterocycles. The molecule has 142 valence electrons. The van der Waals surface area contributed by atoms with Crippen molar-refractivity contribution >= 4 is 39.8 Å². The molecule has 0 spiro atoms. The van der Waals surface area contributed by atoms with Gasteiger partial charge in [0.1, 0.15) is 17.5 Å². The second-order valence-corrected chi connectivity index (χ2v) is 7.69. The molecule has 0 amide bonds. The lowest BCUT2D eigenvalue weighted by Crippen LogP contribution is -2.20. The predicted octanol–water partition coefficient (Wildman–Crippen LogP) is 5.16. The number of fused-ring (bicyclic) bond motifs is 4. The van der Waals surface area contributed by atoms with Crippen molar-refractivity contribution in [3.8, 4) is 0 Å². The van der Waals surface area contributed by atoms with E-state index in [1.54, 1.807) is 6.07 Å². The van der Waals surface area contributed by atoms with E-state index in [0.717, 1.165) is 37.0 Å². The molecule has 0 atom stereocenters. The van der Waals surface area contributed by atoms with Crippen LogP contribution in [0.3, 0.4) is 0 Å². The monoisotopic (exact) mass is 395 g/mol. The molecule has 0 radical (unpaired) electrons. The van der Waals surface area contributed by atoms with Gasteiger partial charge in [0.15, 0.2) is 0 Å². The average Bonchev–Trinajstić information content (AvgIpc) is 2.91. The van der Waals surface area contributed by atoms with Crippen LogP contribution in [0, 0.1) is 19.7 Å². The minimum Gasteiger partial charge on any atom is -0.325 e. The summed E-state index contributed by atoms with van der Waals surface area (Å²) in [5.41, 5.74) is 4.47. The van der Waals surface area contributed by atoms with Gasteiger partial charge < -0.3 is 4.90 Å². The number of nitrogens with zero attached hydrogens (tertiary/aromatic N) is 5. The smallest absolute Gasteiger partial charge is 0.257 e. The van der Waals surface area contributed by atoms with Crippen molar-refractivity contribution in [3.63, 3.8) is 0 Å². The number of anilines is 2. The number of hydrogen-bond acceptors (Lipinski definition) is 4. The third-order valence-electron chi connectivity index (χ3n) is 5.52. The van der Waals surface area contributed by atoms with Crippen LogP contribution in [0.1, 0.15) is 29.8 Å². The summed E-state index contributed by atoms with van der Waals surface area (Å²) in [7, 11) is 0. The normalized spacial score (nSPS) is 14.5. The molecule has 0 aliphatic carbocycles. The lowest BCUT2D eigenvalue weighted by atomic mass is 10.0. The molecule has 0 unspecified atom stereocenters. The lowest BCUT2D eigenvalue weighted by Gasteiger charge is -2.26. The van der Waals surface area contributed by atoms with Gasteiger partial charge in [-0.15, -0.1) is 10.2 Å². The third kappa shape index (κ3) is 2.55. The number of rotatable bonds is 1. The average molecular weight is 396 g/mol. The second-order valence-electron chi connectivity index (χ2n) is 7.28. The Morgan fingerprint density at radius 1 is 1.11 bits per heavy atom. The zero-order valence-electron chi connectivity index (χ0n) is 15.7. The highest BCUT2D eigenvalue weighted by Crippen LogP contribution is 2.38. The molecule has 2 aromatic heterocycles. The molecule has 5 nitrogen and oxygen atoms in total. The number of benzene rings is 2. The van der Waals surface area contributed by atoms with Crippen LogP contribution < -0.4 is 4.90 Å². The van der Waals surface area contributed by atoms with Gasteiger partial charge in [-0.3, -0.25) is 4.40 Å². The Labute approximate surface area is 166 Å². The molecular formula is C21H19ClFN5. The zero-order valence-corrected chi connectivity index (χ0v) is 16.5. The summed E-state index contributed by atoms with van der Waals surface area (Å²) in [6.07, 6.45) is 3.17. The van der Waals surface area contributed by atoms with Crippen LogP contribution in [-0.2, 0) is 6.42 Å². The lowest BCUT2D eigenvalue weighted by molar-refractivity contribution is 0.630. The van der Waals surface area contributed by atoms with E-state index in [-0.39, 0.29) is 5.02 Å². The Morgan fingerprint density at radius 3 is 2.82 bits per heavy atom. The fourth-order valence-corrected chi connectivity index (χ4v) is 4.30. The first kappa shape index (κ1) is 17.4. The van der Waals surface area contributed by atoms with Crippen molar-refractivity contribution in [1.29, 1.82) is 0 Å². The second kappa shape index (κ2) is 6.41. The van der Waals surface area contributed by atoms with E-state index < -0.39 is 5.82 Å². The van der Waals surface area contributed by atoms with E-state index in [1.165, 1.54) is 17.2 Å². The van der Waals surface area contributed by atoms with Gasteiger partial charge in [0.05, 0.1) is 10.5 Å². The van der Waals surface area contributed by atoms with Crippen molar-refractivity contribution in [2.75, 3.05) is 11.4 Å². The van der Waals surface area contributed by atoms with Gasteiger partial charge >= 0.3 is 0 Å². The van der Waals surface area contributed by atoms with Crippen LogP contribution in [0.2, 0.25) is 5.02 Å². The van der Waals surface area contributed by atoms with Crippen molar-refractivity contribution in [3.05, 3.63) is 58.1 Å². The Balaban J connectivity index is 1.86. The molecule has 0 saturated heterocycles. The standard InChI is InChI=1S/C21H19ClFN5/c1-12-6-5-8-18-14(12)7-3-4-9-27(18)20-15-10-17(23)16(22)11-19(15)28-13(2)25-26-21(28)24-20/h5-6,8,10-11H,3-4,7,9H2,1-2H3. The van der Waals surface area contributed by atoms with E-state index in [9.17, 15) is 4.39 Å². The topological polar surface area (TPSA) is 46.3 Å². The Hall–Kier alpha value is -2.73. The maximum absolute atomic E-state index is 14.4. The first-order chi connectivity index (χ1) is 13.5. The summed E-state index contributed by atoms with van der Waals surface area (Å²) in [6, 6.07) is 9.42. The number of hydrogen-bond donors (Lipinski definition) is 0. The summed E-state index contributed by atoms with van der Waals surface area (Å²) in [6.45, 7) is 4.80. The zero-order chi connectivity index (χ0) is 19.4. The third-order valence-corrected chi connectivity index (χ3v) is 5.81. The fourth-order valence-electron chi connectivity index (χ4n) is 4.14. The van der Waals surface area contributed by atoms with Gasteiger partial charge in [-0.05, 0) is 62.4 Å². The summed E-state index contributed by atoms with van der Waals surface area (Å²) in [4.78, 5) is 6.98. The molecule has 0 N–H and O–H groups in total. The van der Waals surface area contributed by atoms with Crippen LogP contribution in [0.15, 0.2) is 30.3 Å². The molecule has 4 aromatic rings. The number of aromatic nitrogens is 4. The fraction of sp³-hybridized carbons (Fsp3) is 0.286. The van der Waals surface area contributed by atoms with Crippen LogP contribution in [-0.4, -0.2) is 26.1 Å². The molecule has 2 aromatic carbocycles. The Bertz CT molecular complexity index is 1230. The largest absolute Gasteiger partial charge is 0.325 e. The Kier molecular flexibility index (Phi) is 3.98. The number of halogens is 2. The van der Waals surface area contributed by atoms with E-state index in [2.05, 4.69) is 40.2 Å². The van der Waals surface area contributed by atoms with Crippen molar-refractivity contribution in [2.45, 2.75) is 33.1 Å². The summed E-state index contributed by atoms with van der Waals surface area (Å²) in [5.74, 6) is 1.41. The van der Waals surface area contributed by atoms with E-state index in [1.807, 2.05) is 11.3 Å². The van der Waals surface area contributed by atoms with Crippen LogP contribution in [0.25, 0.3) is 16.7 Å². The molecule has 1 aliphatic heterocycles. The summed E-state index contributed by atoms with van der Waals surface area (Å²) < 4.78 is 16.3. The van der Waals surface area contributed by atoms with Crippen LogP contribution in [0.5, 0.6) is 0 Å². The van der Waals surface area contributed by atoms with Crippen LogP contribution in [0.4, 0.5) is 15.9 Å². The highest BCUT2D eigenvalue weighted by molar-refractivity contribution is 6.31. The van der Waals surface area contributed by atoms with Gasteiger partial charge in [-0.2, -0.15) is 4.98 Å². The van der Waals surface area contributed by atoms with Gasteiger partial charge in [0.2, 0.25) is 0 Å². The molecule has 1 aliphatic rings. The van der Waals surface area contributed by atoms with E-state index in [0.29, 0.717) is 22.8 Å². The number of aryl methyl sites for hydroxylation is 2. The van der Waals surface area contributed by atoms with Gasteiger partial charge in [0, 0.05) is 17.6 Å². The maximum Gasteiger partial charge on any atom is 0.257 e. The van der Waals surface area contributed by atoms with E-state index >= 15 is 0 Å². The molecular weight excluding hydrogens is 377 g/mol. The first-order valence-electron chi connectivity index (χ1n) is 9.41. The quantitative estimate of drug-likeness (QED) is 0.446. The summed E-state index contributed by atoms with van der Waals surface area (Å²) in [5, 5.41) is 9.14. The molecule has 28 heavy (non-hydrogen) atoms. The van der Waals surface area contributed by atoms with Crippen molar-refractivity contribution < 1.29 is 4.39 Å². The van der Waals surface area contributed by atoms with Crippen molar-refractivity contribution in [2.24, 2.45) is 0 Å². The summed E-state index contributed by atoms with van der Waals surface area (Å²) >= 11 is 6.11. The highest BCUT2D eigenvalue weighted by atomic mass is 35.5. The van der Waals surface area contributed by atoms with Gasteiger partial charge in [-0.1, -0.05) is 23.7 Å². The SMILES string of the molecule is Cc1cccc2c1CCCCN2c1nc2nnc(C)n2c2cc(Cl)c(F)cc12. The van der Waals surface area contributed by atoms with E-state index in [4.69, 9.17) is 16.6 Å². The predicted molar refractivity (Wildman–Crippen MR) is 109 cm³/mol. The molecule has 7 heteroatoms. The van der Waals surface area contributed by atoms with Gasteiger partial charge in [0.25, 0.3) is 5.78 Å². The highest BCUT2D eigenvalue weighted by Gasteiger charge is 2.23. The molecule has 0 saturated carbocycles. The molecule has 0 bridgehead atoms. The first-order valence-corrected chi connectivity index (χ1v) is 9.79. The molecule has 0 fully saturated rings. The minimum absolute atomic E-state index is 0.0751. The van der Waals surface area contributed by atoms with Crippen molar-refractivity contribution in [1.82, 2.24) is 19.6 Å². The van der Waals surface area contributed by atoms with Gasteiger partial charge in [-0.25, -0.2) is 4.39 Å². The maximum atomic E-state index is 14.4. The van der Waals surface area contributed by atoms with Crippen LogP contribution >= 0.6 is 11.6 Å². The Morgan fingerprint density at radius 2 is 1.96 bits per heavy atom. The molecule has 5 rings (SSSR count).